The zero-order valence-corrected chi connectivity index (χ0v) is 19.0. The number of para-hydroxylation sites is 2. The molecule has 0 aliphatic carbocycles. The third-order valence-electron chi connectivity index (χ3n) is 6.75. The minimum Gasteiger partial charge on any atom is -0.294 e. The Hall–Kier alpha value is -4.44. The first-order valence-corrected chi connectivity index (χ1v) is 11.5. The molecule has 7 aromatic rings. The van der Waals surface area contributed by atoms with Crippen molar-refractivity contribution in [2.75, 3.05) is 0 Å². The van der Waals surface area contributed by atoms with Gasteiger partial charge in [-0.1, -0.05) is 59.7 Å². The summed E-state index contributed by atoms with van der Waals surface area (Å²) in [7, 11) is 0. The average Bonchev–Trinajstić information content (AvgIpc) is 3.36. The van der Waals surface area contributed by atoms with Crippen molar-refractivity contribution in [3.8, 4) is 11.6 Å². The van der Waals surface area contributed by atoms with Crippen LogP contribution in [0.3, 0.4) is 0 Å². The molecule has 0 aliphatic heterocycles. The van der Waals surface area contributed by atoms with Gasteiger partial charge in [0.2, 0.25) is 0 Å². The Morgan fingerprint density at radius 2 is 0.912 bits per heavy atom. The fourth-order valence-electron chi connectivity index (χ4n) is 5.25. The van der Waals surface area contributed by atoms with E-state index >= 15 is 0 Å². The van der Waals surface area contributed by atoms with Crippen LogP contribution in [0.5, 0.6) is 0 Å². The van der Waals surface area contributed by atoms with Crippen molar-refractivity contribution in [2.45, 2.75) is 13.8 Å². The Bertz CT molecular complexity index is 1750. The van der Waals surface area contributed by atoms with Gasteiger partial charge in [0.25, 0.3) is 0 Å². The highest BCUT2D eigenvalue weighted by atomic mass is 15.1. The standard InChI is InChI=1S/C30H22N4/c1-19-11-13-27-23(15-19)21-7-3-5-9-25(21)33(27)29-17-30(32-18-31-29)34-26-10-6-4-8-22(26)24-16-20(2)12-14-28(24)34/h3-18H,1-2H3. The number of rotatable bonds is 2. The molecule has 0 N–H and O–H groups in total. The number of benzene rings is 4. The summed E-state index contributed by atoms with van der Waals surface area (Å²) >= 11 is 0. The van der Waals surface area contributed by atoms with Crippen LogP contribution in [0, 0.1) is 13.8 Å². The van der Waals surface area contributed by atoms with Gasteiger partial charge < -0.3 is 0 Å². The van der Waals surface area contributed by atoms with Gasteiger partial charge in [0.1, 0.15) is 18.0 Å². The average molecular weight is 439 g/mol. The van der Waals surface area contributed by atoms with E-state index in [9.17, 15) is 0 Å². The third-order valence-corrected chi connectivity index (χ3v) is 6.75. The van der Waals surface area contributed by atoms with E-state index in [4.69, 9.17) is 9.97 Å². The summed E-state index contributed by atoms with van der Waals surface area (Å²) in [5, 5.41) is 4.94. The van der Waals surface area contributed by atoms with E-state index in [1.165, 1.54) is 32.7 Å². The molecule has 4 aromatic carbocycles. The predicted molar refractivity (Wildman–Crippen MR) is 140 cm³/mol. The third kappa shape index (κ3) is 2.66. The highest BCUT2D eigenvalue weighted by Crippen LogP contribution is 2.34. The lowest BCUT2D eigenvalue weighted by molar-refractivity contribution is 0.986. The highest BCUT2D eigenvalue weighted by Gasteiger charge is 2.16. The monoisotopic (exact) mass is 438 g/mol. The number of aromatic nitrogens is 4. The molecule has 0 spiro atoms. The van der Waals surface area contributed by atoms with Gasteiger partial charge in [0, 0.05) is 27.6 Å². The van der Waals surface area contributed by atoms with Crippen molar-refractivity contribution in [3.05, 3.63) is 108 Å². The molecule has 34 heavy (non-hydrogen) atoms. The van der Waals surface area contributed by atoms with Crippen molar-refractivity contribution < 1.29 is 0 Å². The smallest absolute Gasteiger partial charge is 0.143 e. The largest absolute Gasteiger partial charge is 0.294 e. The van der Waals surface area contributed by atoms with Crippen LogP contribution >= 0.6 is 0 Å². The SMILES string of the molecule is Cc1ccc2c(c1)c1ccccc1n2-c1cc(-n2c3ccccc3c3cc(C)ccc32)ncn1. The fraction of sp³-hybridized carbons (Fsp3) is 0.0667. The van der Waals surface area contributed by atoms with E-state index in [1.807, 2.05) is 0 Å². The zero-order valence-electron chi connectivity index (χ0n) is 19.0. The first-order valence-electron chi connectivity index (χ1n) is 11.5. The molecule has 7 rings (SSSR count). The highest BCUT2D eigenvalue weighted by molar-refractivity contribution is 6.10. The maximum atomic E-state index is 4.73. The van der Waals surface area contributed by atoms with Gasteiger partial charge in [-0.15, -0.1) is 0 Å². The number of aryl methyl sites for hydroxylation is 2. The lowest BCUT2D eigenvalue weighted by Crippen LogP contribution is -2.03. The minimum atomic E-state index is 0.859. The van der Waals surface area contributed by atoms with E-state index < -0.39 is 0 Å². The Morgan fingerprint density at radius 3 is 1.41 bits per heavy atom. The maximum Gasteiger partial charge on any atom is 0.143 e. The zero-order chi connectivity index (χ0) is 22.8. The second kappa shape index (κ2) is 7.03. The lowest BCUT2D eigenvalue weighted by atomic mass is 10.1. The van der Waals surface area contributed by atoms with Gasteiger partial charge in [-0.25, -0.2) is 9.97 Å². The van der Waals surface area contributed by atoms with Crippen LogP contribution < -0.4 is 0 Å². The van der Waals surface area contributed by atoms with E-state index in [0.29, 0.717) is 0 Å². The molecule has 0 saturated carbocycles. The molecule has 162 valence electrons. The number of hydrogen-bond donors (Lipinski definition) is 0. The summed E-state index contributed by atoms with van der Waals surface area (Å²) in [5.74, 6) is 1.72. The molecule has 0 radical (unpaired) electrons. The second-order valence-corrected chi connectivity index (χ2v) is 8.98. The van der Waals surface area contributed by atoms with Gasteiger partial charge >= 0.3 is 0 Å². The molecule has 0 unspecified atom stereocenters. The molecule has 4 heteroatoms. The van der Waals surface area contributed by atoms with Gasteiger partial charge in [-0.2, -0.15) is 0 Å². The van der Waals surface area contributed by atoms with Crippen molar-refractivity contribution in [2.24, 2.45) is 0 Å². The van der Waals surface area contributed by atoms with Crippen LogP contribution in [0.1, 0.15) is 11.1 Å². The van der Waals surface area contributed by atoms with Crippen LogP contribution in [0.25, 0.3) is 55.2 Å². The second-order valence-electron chi connectivity index (χ2n) is 8.98. The van der Waals surface area contributed by atoms with Crippen molar-refractivity contribution in [1.29, 1.82) is 0 Å². The molecule has 0 aliphatic rings. The molecule has 0 atom stereocenters. The van der Waals surface area contributed by atoms with Gasteiger partial charge in [0.15, 0.2) is 0 Å². The Morgan fingerprint density at radius 1 is 0.471 bits per heavy atom. The van der Waals surface area contributed by atoms with Gasteiger partial charge in [-0.3, -0.25) is 9.13 Å². The van der Waals surface area contributed by atoms with E-state index in [2.05, 4.69) is 114 Å². The van der Waals surface area contributed by atoms with E-state index in [0.717, 1.165) is 33.7 Å². The van der Waals surface area contributed by atoms with E-state index in [1.54, 1.807) is 6.33 Å². The quantitative estimate of drug-likeness (QED) is 0.284. The first kappa shape index (κ1) is 19.1. The van der Waals surface area contributed by atoms with Crippen LogP contribution in [0.2, 0.25) is 0 Å². The first-order chi connectivity index (χ1) is 16.7. The normalized spacial score (nSPS) is 11.8. The summed E-state index contributed by atoms with van der Waals surface area (Å²) in [6.45, 7) is 4.27. The van der Waals surface area contributed by atoms with Crippen molar-refractivity contribution in [3.63, 3.8) is 0 Å². The summed E-state index contributed by atoms with van der Waals surface area (Å²) < 4.78 is 4.49. The van der Waals surface area contributed by atoms with Crippen molar-refractivity contribution in [1.82, 2.24) is 19.1 Å². The molecule has 3 aromatic heterocycles. The van der Waals surface area contributed by atoms with Crippen LogP contribution in [-0.2, 0) is 0 Å². The summed E-state index contributed by atoms with van der Waals surface area (Å²) in [6, 6.07) is 32.4. The molecular weight excluding hydrogens is 416 g/mol. The Kier molecular flexibility index (Phi) is 3.94. The van der Waals surface area contributed by atoms with Crippen LogP contribution in [0.4, 0.5) is 0 Å². The molecule has 0 fully saturated rings. The van der Waals surface area contributed by atoms with Crippen LogP contribution in [-0.4, -0.2) is 19.1 Å². The Balaban J connectivity index is 1.54. The number of nitrogens with zero attached hydrogens (tertiary/aromatic N) is 4. The number of hydrogen-bond acceptors (Lipinski definition) is 2. The van der Waals surface area contributed by atoms with Crippen molar-refractivity contribution >= 4 is 43.6 Å². The van der Waals surface area contributed by atoms with Gasteiger partial charge in [0.05, 0.1) is 22.1 Å². The molecular formula is C30H22N4. The van der Waals surface area contributed by atoms with Crippen LogP contribution in [0.15, 0.2) is 97.3 Å². The summed E-state index contributed by atoms with van der Waals surface area (Å²) in [5.41, 5.74) is 7.08. The molecule has 0 bridgehead atoms. The summed E-state index contributed by atoms with van der Waals surface area (Å²) in [4.78, 5) is 9.45. The van der Waals surface area contributed by atoms with Gasteiger partial charge in [-0.05, 0) is 50.2 Å². The molecule has 0 amide bonds. The Labute approximate surface area is 196 Å². The topological polar surface area (TPSA) is 35.6 Å². The predicted octanol–water partition coefficient (Wildman–Crippen LogP) is 7.29. The van der Waals surface area contributed by atoms with E-state index in [-0.39, 0.29) is 0 Å². The summed E-state index contributed by atoms with van der Waals surface area (Å²) in [6.07, 6.45) is 1.67. The number of fused-ring (bicyclic) bond motifs is 6. The molecule has 0 saturated heterocycles. The molecule has 3 heterocycles. The maximum absolute atomic E-state index is 4.73. The lowest BCUT2D eigenvalue weighted by Gasteiger charge is -2.11. The molecule has 4 nitrogen and oxygen atoms in total. The fourth-order valence-corrected chi connectivity index (χ4v) is 5.25. The minimum absolute atomic E-state index is 0.859.